The van der Waals surface area contributed by atoms with Crippen molar-refractivity contribution in [2.75, 3.05) is 0 Å². The molecule has 1 N–H and O–H groups in total. The second kappa shape index (κ2) is 17.5. The molecule has 1 nitrogen and oxygen atoms in total. The fraction of sp³-hybridized carbons (Fsp3) is 0.111. The van der Waals surface area contributed by atoms with Crippen molar-refractivity contribution in [2.45, 2.75) is 41.5 Å². The van der Waals surface area contributed by atoms with E-state index in [1.807, 2.05) is 13.0 Å². The third-order valence-electron chi connectivity index (χ3n) is 11.5. The van der Waals surface area contributed by atoms with Crippen molar-refractivity contribution in [1.82, 2.24) is 0 Å². The summed E-state index contributed by atoms with van der Waals surface area (Å²) in [6, 6.07) is 44.9. The molecular weight excluding hydrogens is 1060 g/mol. The number of halogens is 1. The SMILES string of the molecule is Cc1cc2cc3[se]ccc3cc2cc1O.Cc1cc2cc3cc[se]c3cc2cc1Br.Cc1cc2cc3cc[se]c3cc2cc1C.Cc1cc2cc3cc[se]c3cc2cc1C. The van der Waals surface area contributed by atoms with Crippen molar-refractivity contribution in [2.24, 2.45) is 0 Å². The predicted molar refractivity (Wildman–Crippen MR) is 271 cm³/mol. The zero-order chi connectivity index (χ0) is 41.7. The van der Waals surface area contributed by atoms with Gasteiger partial charge in [-0.15, -0.1) is 0 Å². The van der Waals surface area contributed by atoms with Gasteiger partial charge in [-0.25, -0.2) is 0 Å². The normalized spacial score (nSPS) is 11.3. The molecule has 0 saturated carbocycles. The van der Waals surface area contributed by atoms with E-state index in [1.54, 1.807) is 0 Å². The number of phenolic OH excluding ortho intramolecular Hbond substituents is 1. The van der Waals surface area contributed by atoms with E-state index in [0.29, 0.717) is 63.8 Å². The Hall–Kier alpha value is -3.88. The van der Waals surface area contributed by atoms with Crippen molar-refractivity contribution in [1.29, 1.82) is 0 Å². The Morgan fingerprint density at radius 3 is 0.917 bits per heavy atom. The zero-order valence-corrected chi connectivity index (χ0v) is 42.8. The summed E-state index contributed by atoms with van der Waals surface area (Å²) in [5.74, 6) is 0.384. The number of hydrogen-bond acceptors (Lipinski definition) is 1. The van der Waals surface area contributed by atoms with Crippen LogP contribution in [0.2, 0.25) is 0 Å². The van der Waals surface area contributed by atoms with Crippen LogP contribution in [0.1, 0.15) is 33.4 Å². The second-order valence-corrected chi connectivity index (χ2v) is 24.6. The molecule has 6 heteroatoms. The Kier molecular flexibility index (Phi) is 12.1. The molecule has 0 atom stereocenters. The van der Waals surface area contributed by atoms with Crippen LogP contribution in [-0.4, -0.2) is 63.1 Å². The third kappa shape index (κ3) is 8.75. The van der Waals surface area contributed by atoms with Crippen LogP contribution in [-0.2, 0) is 0 Å². The van der Waals surface area contributed by atoms with E-state index in [2.05, 4.69) is 186 Å². The van der Waals surface area contributed by atoms with Gasteiger partial charge in [0.2, 0.25) is 0 Å². The van der Waals surface area contributed by atoms with E-state index in [-0.39, 0.29) is 0 Å². The van der Waals surface area contributed by atoms with Gasteiger partial charge < -0.3 is 0 Å². The molecule has 12 rings (SSSR count). The van der Waals surface area contributed by atoms with Crippen LogP contribution in [0.3, 0.4) is 0 Å². The maximum atomic E-state index is 9.65. The summed E-state index contributed by atoms with van der Waals surface area (Å²) in [5, 5.41) is 25.8. The number of benzene rings is 8. The van der Waals surface area contributed by atoms with Crippen LogP contribution in [0.15, 0.2) is 146 Å². The van der Waals surface area contributed by atoms with Crippen LogP contribution in [0.25, 0.3) is 81.7 Å². The van der Waals surface area contributed by atoms with Gasteiger partial charge in [-0.3, -0.25) is 0 Å². The molecule has 8 aromatic carbocycles. The van der Waals surface area contributed by atoms with Crippen molar-refractivity contribution < 1.29 is 5.11 Å². The third-order valence-corrected chi connectivity index (χ3v) is 19.7. The molecule has 0 radical (unpaired) electrons. The van der Waals surface area contributed by atoms with Gasteiger partial charge in [-0.1, -0.05) is 0 Å². The molecule has 4 heterocycles. The molecule has 0 fully saturated rings. The summed E-state index contributed by atoms with van der Waals surface area (Å²) in [5.41, 5.74) is 7.79. The average Bonchev–Trinajstić information content (AvgIpc) is 4.06. The summed E-state index contributed by atoms with van der Waals surface area (Å²) in [6.07, 6.45) is 0. The van der Waals surface area contributed by atoms with E-state index in [4.69, 9.17) is 0 Å². The number of aryl methyl sites for hydroxylation is 6. The molecule has 0 saturated heterocycles. The van der Waals surface area contributed by atoms with Crippen molar-refractivity contribution in [3.8, 4) is 5.75 Å². The molecule has 296 valence electrons. The minimum atomic E-state index is 0.384. The van der Waals surface area contributed by atoms with Crippen LogP contribution in [0.5, 0.6) is 5.75 Å². The zero-order valence-electron chi connectivity index (χ0n) is 34.3. The fourth-order valence-electron chi connectivity index (χ4n) is 7.68. The van der Waals surface area contributed by atoms with Gasteiger partial charge in [0, 0.05) is 0 Å². The topological polar surface area (TPSA) is 20.2 Å². The second-order valence-electron chi connectivity index (χ2n) is 15.7. The van der Waals surface area contributed by atoms with Crippen molar-refractivity contribution in [3.05, 3.63) is 179 Å². The summed E-state index contributed by atoms with van der Waals surface area (Å²) >= 11 is 5.74. The number of aromatic hydroxyl groups is 1. The predicted octanol–water partition coefficient (Wildman–Crippen LogP) is 14.5. The molecule has 0 aliphatic heterocycles. The molecule has 12 aromatic rings. The first kappa shape index (κ1) is 41.5. The fourth-order valence-corrected chi connectivity index (χ4v) is 14.9. The number of fused-ring (bicyclic) bond motifs is 8. The van der Waals surface area contributed by atoms with Crippen LogP contribution in [0.4, 0.5) is 0 Å². The summed E-state index contributed by atoms with van der Waals surface area (Å²) < 4.78 is 7.20. The maximum absolute atomic E-state index is 9.65. The molecular formula is C54H43BrOSe4. The van der Waals surface area contributed by atoms with Gasteiger partial charge in [0.1, 0.15) is 0 Å². The molecule has 60 heavy (non-hydrogen) atoms. The number of rotatable bonds is 0. The van der Waals surface area contributed by atoms with Crippen molar-refractivity contribution >= 4 is 156 Å². The van der Waals surface area contributed by atoms with Gasteiger partial charge in [-0.05, 0) is 0 Å². The van der Waals surface area contributed by atoms with Crippen LogP contribution in [0, 0.1) is 41.5 Å². The Bertz CT molecular complexity index is 2850. The Balaban J connectivity index is 0.000000103. The number of phenols is 1. The minimum absolute atomic E-state index is 0.384. The standard InChI is InChI=1S/2C14H12Se.C13H9BrSe.C13H10OSe/c2*1-9-5-12-7-11-3-4-15-14(11)8-13(12)6-10(9)2;1-8-4-10-5-9-2-3-15-13(9)7-11(10)6-12(8)14;1-8-4-10-7-13-9(2-3-15-13)5-11(10)6-12(8)14/h2*3-8H,1-2H3;2-7H,1H3;2-7,14H,1H3. The number of hydrogen-bond donors (Lipinski definition) is 1. The first-order chi connectivity index (χ1) is 28.9. The van der Waals surface area contributed by atoms with Gasteiger partial charge in [0.25, 0.3) is 0 Å². The molecule has 0 bridgehead atoms. The summed E-state index contributed by atoms with van der Waals surface area (Å²) in [6.45, 7) is 12.8. The molecule has 0 unspecified atom stereocenters. The monoisotopic (exact) mass is 1110 g/mol. The summed E-state index contributed by atoms with van der Waals surface area (Å²) in [7, 11) is 0. The quantitative estimate of drug-likeness (QED) is 0.150. The Morgan fingerprint density at radius 2 is 0.567 bits per heavy atom. The van der Waals surface area contributed by atoms with Gasteiger partial charge in [0.05, 0.1) is 0 Å². The first-order valence-corrected chi connectivity index (χ1v) is 28.1. The van der Waals surface area contributed by atoms with Gasteiger partial charge >= 0.3 is 387 Å². The van der Waals surface area contributed by atoms with E-state index >= 15 is 0 Å². The van der Waals surface area contributed by atoms with E-state index in [9.17, 15) is 5.11 Å². The molecule has 4 aromatic heterocycles. The van der Waals surface area contributed by atoms with Crippen LogP contribution < -0.4 is 0 Å². The van der Waals surface area contributed by atoms with Crippen LogP contribution >= 0.6 is 15.9 Å². The summed E-state index contributed by atoms with van der Waals surface area (Å²) in [4.78, 5) is 9.13. The van der Waals surface area contributed by atoms with Crippen molar-refractivity contribution in [3.63, 3.8) is 0 Å². The van der Waals surface area contributed by atoms with E-state index in [0.717, 1.165) is 10.9 Å². The van der Waals surface area contributed by atoms with Gasteiger partial charge in [0.15, 0.2) is 0 Å². The molecule has 0 aliphatic rings. The molecule has 0 spiro atoms. The average molecular weight is 1100 g/mol. The van der Waals surface area contributed by atoms with Gasteiger partial charge in [-0.2, -0.15) is 0 Å². The molecule has 0 aliphatic carbocycles. The Morgan fingerprint density at radius 1 is 0.300 bits per heavy atom. The molecule has 0 amide bonds. The van der Waals surface area contributed by atoms with E-state index in [1.165, 1.54) is 109 Å². The van der Waals surface area contributed by atoms with E-state index < -0.39 is 0 Å². The first-order valence-electron chi connectivity index (χ1n) is 19.9. The Labute approximate surface area is 383 Å².